The Balaban J connectivity index is 1.36. The number of hydrogen-bond acceptors (Lipinski definition) is 5. The van der Waals surface area contributed by atoms with E-state index in [1.807, 2.05) is 23.1 Å². The number of halogens is 3. The number of benzene rings is 2. The summed E-state index contributed by atoms with van der Waals surface area (Å²) in [6, 6.07) is 11.6. The normalized spacial score (nSPS) is 18.9. The third-order valence-corrected chi connectivity index (χ3v) is 7.77. The van der Waals surface area contributed by atoms with Gasteiger partial charge in [-0.25, -0.2) is 0 Å². The number of hydrogen-bond donors (Lipinski definition) is 3. The third-order valence-electron chi connectivity index (χ3n) is 7.77. The van der Waals surface area contributed by atoms with Crippen LogP contribution in [0.2, 0.25) is 0 Å². The Morgan fingerprint density at radius 1 is 1.11 bits per heavy atom. The standard InChI is InChI=1S/C27H27F3N4O2/c1-15(35)18-3-2-4-19-20(18)14-26(24(19)32)9-11-34(12-10-26)22-13-21(31)23(25(36)33-22)16-5-7-17(8-6-16)27(28,29)30/h2-8,13,24H,9-12,14,32H2,1H3,(H3,31,33,36)/t24-/m1/s1. The van der Waals surface area contributed by atoms with E-state index in [1.54, 1.807) is 13.0 Å². The van der Waals surface area contributed by atoms with E-state index in [0.29, 0.717) is 24.5 Å². The second kappa shape index (κ2) is 8.51. The number of carbonyl (C=O) groups is 1. The van der Waals surface area contributed by atoms with Crippen molar-refractivity contribution < 1.29 is 18.0 Å². The van der Waals surface area contributed by atoms with Crippen molar-refractivity contribution in [3.63, 3.8) is 0 Å². The summed E-state index contributed by atoms with van der Waals surface area (Å²) in [6.07, 6.45) is -2.15. The van der Waals surface area contributed by atoms with Gasteiger partial charge in [0.05, 0.1) is 11.1 Å². The second-order valence-electron chi connectivity index (χ2n) is 9.82. The van der Waals surface area contributed by atoms with E-state index in [2.05, 4.69) is 4.98 Å². The number of fused-ring (bicyclic) bond motifs is 1. The molecule has 1 aromatic heterocycles. The lowest BCUT2D eigenvalue weighted by Crippen LogP contribution is -2.45. The molecule has 1 aliphatic carbocycles. The maximum absolute atomic E-state index is 12.9. The van der Waals surface area contributed by atoms with Gasteiger partial charge in [0.25, 0.3) is 5.56 Å². The van der Waals surface area contributed by atoms with E-state index in [1.165, 1.54) is 12.1 Å². The van der Waals surface area contributed by atoms with Crippen molar-refractivity contribution in [1.82, 2.24) is 4.98 Å². The molecule has 1 spiro atoms. The fraction of sp³-hybridized carbons (Fsp3) is 0.333. The van der Waals surface area contributed by atoms with Crippen molar-refractivity contribution in [3.05, 3.63) is 81.1 Å². The molecular formula is C27H27F3N4O2. The number of nitrogens with zero attached hydrogens (tertiary/aromatic N) is 1. The summed E-state index contributed by atoms with van der Waals surface area (Å²) in [5.41, 5.74) is 15.0. The van der Waals surface area contributed by atoms with Gasteiger partial charge in [-0.15, -0.1) is 0 Å². The molecule has 5 N–H and O–H groups in total. The number of anilines is 2. The molecule has 2 aromatic carbocycles. The number of carbonyl (C=O) groups excluding carboxylic acids is 1. The molecular weight excluding hydrogens is 469 g/mol. The summed E-state index contributed by atoms with van der Waals surface area (Å²) in [5.74, 6) is 0.603. The van der Waals surface area contributed by atoms with Gasteiger partial charge in [-0.05, 0) is 60.4 Å². The number of nitrogens with two attached hydrogens (primary N) is 2. The Hall–Kier alpha value is -3.59. The van der Waals surface area contributed by atoms with Crippen LogP contribution in [0.15, 0.2) is 53.3 Å². The van der Waals surface area contributed by atoms with E-state index in [9.17, 15) is 22.8 Å². The highest BCUT2D eigenvalue weighted by molar-refractivity contribution is 5.96. The number of aromatic nitrogens is 1. The van der Waals surface area contributed by atoms with E-state index < -0.39 is 17.3 Å². The summed E-state index contributed by atoms with van der Waals surface area (Å²) in [5, 5.41) is 0. The predicted octanol–water partition coefficient (Wildman–Crippen LogP) is 4.69. The monoisotopic (exact) mass is 496 g/mol. The molecule has 3 aromatic rings. The first-order chi connectivity index (χ1) is 17.0. The number of pyridine rings is 1. The van der Waals surface area contributed by atoms with E-state index >= 15 is 0 Å². The summed E-state index contributed by atoms with van der Waals surface area (Å²) in [4.78, 5) is 29.9. The van der Waals surface area contributed by atoms with Crippen molar-refractivity contribution in [3.8, 4) is 11.1 Å². The van der Waals surface area contributed by atoms with Crippen molar-refractivity contribution in [1.29, 1.82) is 0 Å². The number of H-pyrrole nitrogens is 1. The van der Waals surface area contributed by atoms with Crippen LogP contribution in [0.1, 0.15) is 52.9 Å². The summed E-state index contributed by atoms with van der Waals surface area (Å²) in [6.45, 7) is 2.86. The number of alkyl halides is 3. The molecule has 1 atom stereocenters. The lowest BCUT2D eigenvalue weighted by atomic mass is 9.73. The van der Waals surface area contributed by atoms with Crippen LogP contribution in [0.25, 0.3) is 11.1 Å². The Kier molecular flexibility index (Phi) is 5.70. The van der Waals surface area contributed by atoms with Crippen LogP contribution in [0, 0.1) is 5.41 Å². The summed E-state index contributed by atoms with van der Waals surface area (Å²) >= 11 is 0. The zero-order chi connectivity index (χ0) is 25.8. The van der Waals surface area contributed by atoms with Gasteiger partial charge in [0.1, 0.15) is 5.82 Å². The molecule has 5 rings (SSSR count). The molecule has 2 heterocycles. The molecule has 36 heavy (non-hydrogen) atoms. The SMILES string of the molecule is CC(=O)c1cccc2c1CC1(CCN(c3cc(N)c(-c4ccc(C(F)(F)F)cc4)c(=O)[nH]3)CC1)[C@@H]2N. The average Bonchev–Trinajstić information content (AvgIpc) is 3.10. The van der Waals surface area contributed by atoms with Crippen LogP contribution in [0.4, 0.5) is 24.7 Å². The molecule has 2 aliphatic rings. The van der Waals surface area contributed by atoms with Crippen molar-refractivity contribution >= 4 is 17.3 Å². The molecule has 1 aliphatic heterocycles. The van der Waals surface area contributed by atoms with Gasteiger partial charge in [-0.3, -0.25) is 9.59 Å². The van der Waals surface area contributed by atoms with Crippen LogP contribution in [0.3, 0.4) is 0 Å². The van der Waals surface area contributed by atoms with E-state index in [4.69, 9.17) is 11.5 Å². The van der Waals surface area contributed by atoms with Gasteiger partial charge in [-0.2, -0.15) is 13.2 Å². The second-order valence-corrected chi connectivity index (χ2v) is 9.82. The van der Waals surface area contributed by atoms with Crippen molar-refractivity contribution in [2.75, 3.05) is 23.7 Å². The quantitative estimate of drug-likeness (QED) is 0.457. The topological polar surface area (TPSA) is 105 Å². The number of piperidine rings is 1. The summed E-state index contributed by atoms with van der Waals surface area (Å²) in [7, 11) is 0. The molecule has 188 valence electrons. The Morgan fingerprint density at radius 3 is 2.36 bits per heavy atom. The Bertz CT molecular complexity index is 1390. The van der Waals surface area contributed by atoms with Gasteiger partial charge < -0.3 is 21.4 Å². The van der Waals surface area contributed by atoms with Gasteiger partial charge in [0.2, 0.25) is 0 Å². The van der Waals surface area contributed by atoms with Crippen molar-refractivity contribution in [2.24, 2.45) is 11.1 Å². The number of nitrogen functional groups attached to an aromatic ring is 1. The van der Waals surface area contributed by atoms with Crippen LogP contribution >= 0.6 is 0 Å². The number of nitrogens with one attached hydrogen (secondary N) is 1. The molecule has 0 saturated carbocycles. The minimum absolute atomic E-state index is 0.0368. The molecule has 9 heteroatoms. The molecule has 0 unspecified atom stereocenters. The lowest BCUT2D eigenvalue weighted by molar-refractivity contribution is -0.137. The zero-order valence-electron chi connectivity index (χ0n) is 19.8. The molecule has 0 radical (unpaired) electrons. The van der Waals surface area contributed by atoms with Gasteiger partial charge >= 0.3 is 6.18 Å². The lowest BCUT2D eigenvalue weighted by Gasteiger charge is -2.43. The minimum Gasteiger partial charge on any atom is -0.398 e. The molecule has 1 fully saturated rings. The highest BCUT2D eigenvalue weighted by Crippen LogP contribution is 2.52. The molecule has 6 nitrogen and oxygen atoms in total. The zero-order valence-corrected chi connectivity index (χ0v) is 19.8. The van der Waals surface area contributed by atoms with Crippen LogP contribution in [0.5, 0.6) is 0 Å². The van der Waals surface area contributed by atoms with Crippen LogP contribution in [-0.4, -0.2) is 23.9 Å². The first kappa shape index (κ1) is 24.1. The summed E-state index contributed by atoms with van der Waals surface area (Å²) < 4.78 is 38.7. The number of ketones is 1. The fourth-order valence-corrected chi connectivity index (χ4v) is 5.76. The van der Waals surface area contributed by atoms with Gasteiger partial charge in [-0.1, -0.05) is 30.3 Å². The fourth-order valence-electron chi connectivity index (χ4n) is 5.76. The number of Topliss-reactive ketones (excluding diaryl/α,β-unsaturated/α-hetero) is 1. The average molecular weight is 497 g/mol. The van der Waals surface area contributed by atoms with Crippen LogP contribution in [-0.2, 0) is 12.6 Å². The van der Waals surface area contributed by atoms with E-state index in [-0.39, 0.29) is 28.5 Å². The number of aromatic amines is 1. The van der Waals surface area contributed by atoms with Gasteiger partial charge in [0.15, 0.2) is 5.78 Å². The van der Waals surface area contributed by atoms with Crippen LogP contribution < -0.4 is 21.9 Å². The van der Waals surface area contributed by atoms with E-state index in [0.717, 1.165) is 48.1 Å². The minimum atomic E-state index is -4.46. The van der Waals surface area contributed by atoms with Crippen molar-refractivity contribution in [2.45, 2.75) is 38.4 Å². The highest BCUT2D eigenvalue weighted by Gasteiger charge is 2.47. The van der Waals surface area contributed by atoms with Gasteiger partial charge in [0, 0.05) is 36.4 Å². The molecule has 0 bridgehead atoms. The smallest absolute Gasteiger partial charge is 0.398 e. The molecule has 0 amide bonds. The maximum Gasteiger partial charge on any atom is 0.416 e. The third kappa shape index (κ3) is 3.97. The molecule has 1 saturated heterocycles. The maximum atomic E-state index is 12.9. The Morgan fingerprint density at radius 2 is 1.78 bits per heavy atom. The first-order valence-electron chi connectivity index (χ1n) is 11.8. The predicted molar refractivity (Wildman–Crippen MR) is 133 cm³/mol. The first-order valence-corrected chi connectivity index (χ1v) is 11.8. The highest BCUT2D eigenvalue weighted by atomic mass is 19.4. The number of rotatable bonds is 3. The Labute approximate surface area is 206 Å². The largest absolute Gasteiger partial charge is 0.416 e.